The first-order valence-electron chi connectivity index (χ1n) is 8.88. The van der Waals surface area contributed by atoms with Crippen LogP contribution in [0.25, 0.3) is 0 Å². The molecule has 7 nitrogen and oxygen atoms in total. The third-order valence-corrected chi connectivity index (χ3v) is 5.43. The number of furan rings is 1. The summed E-state index contributed by atoms with van der Waals surface area (Å²) >= 11 is 0. The molecule has 0 aliphatic rings. The molecule has 0 aliphatic carbocycles. The average Bonchev–Trinajstić information content (AvgIpc) is 3.12. The Hall–Kier alpha value is -2.48. The Morgan fingerprint density at radius 2 is 1.89 bits per heavy atom. The van der Waals surface area contributed by atoms with E-state index in [0.717, 1.165) is 34.9 Å². The topological polar surface area (TPSA) is 82.9 Å². The van der Waals surface area contributed by atoms with E-state index < -0.39 is 15.9 Å². The van der Waals surface area contributed by atoms with E-state index >= 15 is 0 Å². The van der Waals surface area contributed by atoms with E-state index in [1.165, 1.54) is 6.26 Å². The first-order valence-corrected chi connectivity index (χ1v) is 10.7. The summed E-state index contributed by atoms with van der Waals surface area (Å²) in [6.07, 6.45) is 2.62. The van der Waals surface area contributed by atoms with Crippen molar-refractivity contribution in [2.24, 2.45) is 0 Å². The number of hydrogen-bond donors (Lipinski definition) is 1. The van der Waals surface area contributed by atoms with Crippen molar-refractivity contribution in [2.75, 3.05) is 35.1 Å². The van der Waals surface area contributed by atoms with Crippen LogP contribution in [0.2, 0.25) is 0 Å². The van der Waals surface area contributed by atoms with E-state index in [1.54, 1.807) is 18.2 Å². The van der Waals surface area contributed by atoms with Gasteiger partial charge >= 0.3 is 0 Å². The predicted molar refractivity (Wildman–Crippen MR) is 107 cm³/mol. The Labute approximate surface area is 161 Å². The number of nitrogens with zero attached hydrogens (tertiary/aromatic N) is 2. The maximum atomic E-state index is 12.3. The molecule has 1 heterocycles. The fourth-order valence-electron chi connectivity index (χ4n) is 2.87. The van der Waals surface area contributed by atoms with Crippen LogP contribution in [0.4, 0.5) is 11.4 Å². The van der Waals surface area contributed by atoms with Crippen LogP contribution in [-0.2, 0) is 21.4 Å². The molecule has 0 aliphatic heterocycles. The lowest BCUT2D eigenvalue weighted by Gasteiger charge is -2.26. The van der Waals surface area contributed by atoms with Gasteiger partial charge in [0.15, 0.2) is 0 Å². The van der Waals surface area contributed by atoms with Crippen LogP contribution in [0.1, 0.15) is 25.2 Å². The second kappa shape index (κ2) is 8.94. The normalized spacial score (nSPS) is 11.3. The number of amides is 1. The summed E-state index contributed by atoms with van der Waals surface area (Å²) in [6.45, 7) is 7.63. The van der Waals surface area contributed by atoms with E-state index in [-0.39, 0.29) is 13.1 Å². The molecule has 0 atom stereocenters. The highest BCUT2D eigenvalue weighted by atomic mass is 32.2. The van der Waals surface area contributed by atoms with Gasteiger partial charge in [0.2, 0.25) is 15.9 Å². The van der Waals surface area contributed by atoms with Crippen molar-refractivity contribution >= 4 is 27.3 Å². The van der Waals surface area contributed by atoms with Gasteiger partial charge in [-0.25, -0.2) is 8.42 Å². The van der Waals surface area contributed by atoms with Crippen molar-refractivity contribution in [3.05, 3.63) is 47.9 Å². The summed E-state index contributed by atoms with van der Waals surface area (Å²) < 4.78 is 30.9. The molecule has 0 fully saturated rings. The van der Waals surface area contributed by atoms with Gasteiger partial charge in [-0.15, -0.1) is 0 Å². The summed E-state index contributed by atoms with van der Waals surface area (Å²) in [7, 11) is -3.62. The summed E-state index contributed by atoms with van der Waals surface area (Å²) in [5.74, 6) is 0.207. The van der Waals surface area contributed by atoms with E-state index in [4.69, 9.17) is 4.42 Å². The molecule has 0 saturated carbocycles. The minimum absolute atomic E-state index is 0.212. The zero-order chi connectivity index (χ0) is 20.0. The lowest BCUT2D eigenvalue weighted by Crippen LogP contribution is -2.40. The van der Waals surface area contributed by atoms with Gasteiger partial charge in [0.1, 0.15) is 12.3 Å². The molecule has 148 valence electrons. The minimum Gasteiger partial charge on any atom is -0.467 e. The van der Waals surface area contributed by atoms with Gasteiger partial charge in [-0.3, -0.25) is 9.10 Å². The lowest BCUT2D eigenvalue weighted by atomic mass is 10.1. The largest absolute Gasteiger partial charge is 0.467 e. The van der Waals surface area contributed by atoms with E-state index in [9.17, 15) is 13.2 Å². The molecular weight excluding hydrogens is 366 g/mol. The highest BCUT2D eigenvalue weighted by Crippen LogP contribution is 2.27. The molecule has 8 heteroatoms. The summed E-state index contributed by atoms with van der Waals surface area (Å²) in [5, 5.41) is 2.68. The average molecular weight is 394 g/mol. The van der Waals surface area contributed by atoms with Crippen LogP contribution in [0.15, 0.2) is 41.0 Å². The number of sulfonamides is 1. The number of carbonyl (C=O) groups excluding carboxylic acids is 1. The number of aryl methyl sites for hydroxylation is 1. The van der Waals surface area contributed by atoms with Crippen molar-refractivity contribution in [3.8, 4) is 0 Å². The SMILES string of the molecule is CCN(CC)c1ccc(N(CC(=O)NCc2ccco2)S(C)(=O)=O)c(C)c1. The number of anilines is 2. The van der Waals surface area contributed by atoms with Crippen LogP contribution in [0.3, 0.4) is 0 Å². The van der Waals surface area contributed by atoms with Gasteiger partial charge in [0, 0.05) is 18.8 Å². The van der Waals surface area contributed by atoms with Gasteiger partial charge in [-0.05, 0) is 56.7 Å². The molecule has 2 rings (SSSR count). The first kappa shape index (κ1) is 20.8. The molecular formula is C19H27N3O4S. The van der Waals surface area contributed by atoms with Gasteiger partial charge < -0.3 is 14.6 Å². The number of rotatable bonds is 9. The molecule has 2 aromatic rings. The molecule has 1 amide bonds. The van der Waals surface area contributed by atoms with Crippen LogP contribution in [0.5, 0.6) is 0 Å². The van der Waals surface area contributed by atoms with Crippen LogP contribution >= 0.6 is 0 Å². The van der Waals surface area contributed by atoms with E-state index in [1.807, 2.05) is 19.1 Å². The maximum Gasteiger partial charge on any atom is 0.241 e. The lowest BCUT2D eigenvalue weighted by molar-refractivity contribution is -0.119. The fourth-order valence-corrected chi connectivity index (χ4v) is 3.79. The zero-order valence-electron chi connectivity index (χ0n) is 16.2. The molecule has 0 saturated heterocycles. The number of benzene rings is 1. The second-order valence-electron chi connectivity index (χ2n) is 6.27. The van der Waals surface area contributed by atoms with Gasteiger partial charge in [-0.2, -0.15) is 0 Å². The van der Waals surface area contributed by atoms with E-state index in [2.05, 4.69) is 24.1 Å². The van der Waals surface area contributed by atoms with Crippen molar-refractivity contribution in [1.29, 1.82) is 0 Å². The van der Waals surface area contributed by atoms with Crippen molar-refractivity contribution in [2.45, 2.75) is 27.3 Å². The Kier molecular flexibility index (Phi) is 6.90. The Morgan fingerprint density at radius 1 is 1.19 bits per heavy atom. The van der Waals surface area contributed by atoms with Gasteiger partial charge in [0.05, 0.1) is 24.8 Å². The molecule has 1 aromatic heterocycles. The number of nitrogens with one attached hydrogen (secondary N) is 1. The molecule has 1 aromatic carbocycles. The van der Waals surface area contributed by atoms with Gasteiger partial charge in [-0.1, -0.05) is 0 Å². The zero-order valence-corrected chi connectivity index (χ0v) is 17.0. The van der Waals surface area contributed by atoms with Crippen LogP contribution < -0.4 is 14.5 Å². The molecule has 27 heavy (non-hydrogen) atoms. The molecule has 0 spiro atoms. The van der Waals surface area contributed by atoms with Gasteiger partial charge in [0.25, 0.3) is 0 Å². The highest BCUT2D eigenvalue weighted by molar-refractivity contribution is 7.92. The fraction of sp³-hybridized carbons (Fsp3) is 0.421. The highest BCUT2D eigenvalue weighted by Gasteiger charge is 2.23. The molecule has 0 radical (unpaired) electrons. The predicted octanol–water partition coefficient (Wildman–Crippen LogP) is 2.52. The minimum atomic E-state index is -3.62. The maximum absolute atomic E-state index is 12.3. The van der Waals surface area contributed by atoms with Crippen LogP contribution in [0, 0.1) is 6.92 Å². The quantitative estimate of drug-likeness (QED) is 0.708. The van der Waals surface area contributed by atoms with Crippen molar-refractivity contribution in [1.82, 2.24) is 5.32 Å². The third kappa shape index (κ3) is 5.50. The summed E-state index contributed by atoms with van der Waals surface area (Å²) in [6, 6.07) is 9.05. The molecule has 0 bridgehead atoms. The smallest absolute Gasteiger partial charge is 0.241 e. The Morgan fingerprint density at radius 3 is 2.41 bits per heavy atom. The van der Waals surface area contributed by atoms with Crippen molar-refractivity contribution in [3.63, 3.8) is 0 Å². The Bertz CT molecular complexity index is 859. The van der Waals surface area contributed by atoms with E-state index in [0.29, 0.717) is 11.4 Å². The first-order chi connectivity index (χ1) is 12.8. The number of hydrogen-bond acceptors (Lipinski definition) is 5. The summed E-state index contributed by atoms with van der Waals surface area (Å²) in [5.41, 5.74) is 2.32. The standard InChI is InChI=1S/C19H27N3O4S/c1-5-21(6-2)16-9-10-18(15(3)12-16)22(27(4,24)25)14-19(23)20-13-17-8-7-11-26-17/h7-12H,5-6,13-14H2,1-4H3,(H,20,23). The monoisotopic (exact) mass is 393 g/mol. The Balaban J connectivity index is 2.20. The number of carbonyl (C=O) groups is 1. The van der Waals surface area contributed by atoms with Crippen molar-refractivity contribution < 1.29 is 17.6 Å². The second-order valence-corrected chi connectivity index (χ2v) is 8.18. The molecule has 1 N–H and O–H groups in total. The third-order valence-electron chi connectivity index (χ3n) is 4.31. The van der Waals surface area contributed by atoms with Crippen LogP contribution in [-0.4, -0.2) is 40.2 Å². The summed E-state index contributed by atoms with van der Waals surface area (Å²) in [4.78, 5) is 14.5. The molecule has 0 unspecified atom stereocenters.